The highest BCUT2D eigenvalue weighted by Gasteiger charge is 2.35. The summed E-state index contributed by atoms with van der Waals surface area (Å²) in [6.07, 6.45) is -5.05. The number of ether oxygens (including phenoxy) is 1. The highest BCUT2D eigenvalue weighted by Crippen LogP contribution is 2.19. The highest BCUT2D eigenvalue weighted by molar-refractivity contribution is 7.89. The molecule has 5 nitrogen and oxygen atoms in total. The predicted octanol–water partition coefficient (Wildman–Crippen LogP) is 0.764. The molecule has 0 aromatic heterocycles. The quantitative estimate of drug-likeness (QED) is 0.672. The maximum atomic E-state index is 12.2. The molecule has 0 spiro atoms. The maximum Gasteiger partial charge on any atom is 0.402 e. The normalized spacial score (nSPS) is 12.8. The summed E-state index contributed by atoms with van der Waals surface area (Å²) >= 11 is 0. The van der Waals surface area contributed by atoms with Crippen molar-refractivity contribution in [3.63, 3.8) is 0 Å². The van der Waals surface area contributed by atoms with Crippen LogP contribution in [0.1, 0.15) is 13.3 Å². The number of rotatable bonds is 6. The van der Waals surface area contributed by atoms with Crippen LogP contribution in [0.5, 0.6) is 0 Å². The molecule has 0 N–H and O–H groups in total. The van der Waals surface area contributed by atoms with Gasteiger partial charge in [0.15, 0.2) is 0 Å². The van der Waals surface area contributed by atoms with E-state index in [1.807, 2.05) is 0 Å². The minimum absolute atomic E-state index is 0.240. The lowest BCUT2D eigenvalue weighted by atomic mass is 10.4. The second-order valence-electron chi connectivity index (χ2n) is 3.18. The van der Waals surface area contributed by atoms with Crippen molar-refractivity contribution in [1.82, 2.24) is 4.31 Å². The van der Waals surface area contributed by atoms with Crippen molar-refractivity contribution in [3.8, 4) is 0 Å². The third kappa shape index (κ3) is 6.47. The van der Waals surface area contributed by atoms with E-state index < -0.39 is 47.4 Å². The van der Waals surface area contributed by atoms with Gasteiger partial charge < -0.3 is 4.74 Å². The molecule has 102 valence electrons. The summed E-state index contributed by atoms with van der Waals surface area (Å²) in [5, 5.41) is 0. The SMILES string of the molecule is CCS(=O)(=O)N(CCC(=O)OC)CC(F)(F)F. The third-order valence-corrected chi connectivity index (χ3v) is 3.73. The van der Waals surface area contributed by atoms with Crippen LogP contribution in [0.2, 0.25) is 0 Å². The number of sulfonamides is 1. The van der Waals surface area contributed by atoms with Crippen LogP contribution in [-0.4, -0.2) is 50.8 Å². The van der Waals surface area contributed by atoms with Gasteiger partial charge in [-0.25, -0.2) is 8.42 Å². The lowest BCUT2D eigenvalue weighted by molar-refractivity contribution is -0.144. The van der Waals surface area contributed by atoms with Crippen molar-refractivity contribution >= 4 is 16.0 Å². The second-order valence-corrected chi connectivity index (χ2v) is 5.43. The van der Waals surface area contributed by atoms with Gasteiger partial charge in [0.25, 0.3) is 0 Å². The maximum absolute atomic E-state index is 12.2. The molecule has 0 fully saturated rings. The molecule has 0 amide bonds. The van der Waals surface area contributed by atoms with E-state index in [0.717, 1.165) is 7.11 Å². The topological polar surface area (TPSA) is 63.7 Å². The molecule has 0 aliphatic carbocycles. The minimum Gasteiger partial charge on any atom is -0.469 e. The molecule has 0 atom stereocenters. The van der Waals surface area contributed by atoms with E-state index in [2.05, 4.69) is 4.74 Å². The van der Waals surface area contributed by atoms with Gasteiger partial charge in [-0.05, 0) is 6.92 Å². The number of methoxy groups -OCH3 is 1. The second kappa shape index (κ2) is 6.20. The summed E-state index contributed by atoms with van der Waals surface area (Å²) in [7, 11) is -2.92. The van der Waals surface area contributed by atoms with Crippen molar-refractivity contribution in [2.75, 3.05) is 26.0 Å². The number of hydrogen-bond acceptors (Lipinski definition) is 4. The van der Waals surface area contributed by atoms with Crippen molar-refractivity contribution < 1.29 is 31.1 Å². The number of alkyl halides is 3. The molecule has 0 heterocycles. The fourth-order valence-corrected chi connectivity index (χ4v) is 2.09. The monoisotopic (exact) mass is 277 g/mol. The standard InChI is InChI=1S/C8H14F3NO4S/c1-3-17(14,15)12(6-8(9,10)11)5-4-7(13)16-2/h3-6H2,1-2H3. The van der Waals surface area contributed by atoms with Gasteiger partial charge >= 0.3 is 12.1 Å². The van der Waals surface area contributed by atoms with Crippen LogP contribution in [0.15, 0.2) is 0 Å². The van der Waals surface area contributed by atoms with E-state index in [4.69, 9.17) is 0 Å². The van der Waals surface area contributed by atoms with E-state index in [1.54, 1.807) is 0 Å². The van der Waals surface area contributed by atoms with Gasteiger partial charge in [0, 0.05) is 6.54 Å². The van der Waals surface area contributed by atoms with Crippen molar-refractivity contribution in [1.29, 1.82) is 0 Å². The molecule has 0 radical (unpaired) electrons. The first kappa shape index (κ1) is 16.2. The first-order valence-corrected chi connectivity index (χ1v) is 6.34. The van der Waals surface area contributed by atoms with Crippen LogP contribution < -0.4 is 0 Å². The Morgan fingerprint density at radius 3 is 2.24 bits per heavy atom. The predicted molar refractivity (Wildman–Crippen MR) is 53.7 cm³/mol. The molecule has 17 heavy (non-hydrogen) atoms. The highest BCUT2D eigenvalue weighted by atomic mass is 32.2. The summed E-state index contributed by atoms with van der Waals surface area (Å²) in [5.74, 6) is -1.21. The summed E-state index contributed by atoms with van der Waals surface area (Å²) < 4.78 is 63.6. The molecule has 0 aliphatic heterocycles. The van der Waals surface area contributed by atoms with E-state index in [-0.39, 0.29) is 4.31 Å². The molecule has 0 aliphatic rings. The van der Waals surface area contributed by atoms with Crippen molar-refractivity contribution in [3.05, 3.63) is 0 Å². The molecule has 0 saturated carbocycles. The van der Waals surface area contributed by atoms with Gasteiger partial charge in [0.1, 0.15) is 6.54 Å². The minimum atomic E-state index is -4.64. The number of carbonyl (C=O) groups excluding carboxylic acids is 1. The summed E-state index contributed by atoms with van der Waals surface area (Å²) in [4.78, 5) is 10.8. The summed E-state index contributed by atoms with van der Waals surface area (Å²) in [5.41, 5.74) is 0. The van der Waals surface area contributed by atoms with Crippen molar-refractivity contribution in [2.45, 2.75) is 19.5 Å². The zero-order chi connectivity index (χ0) is 13.7. The smallest absolute Gasteiger partial charge is 0.402 e. The Balaban J connectivity index is 4.70. The Kier molecular flexibility index (Phi) is 5.89. The Morgan fingerprint density at radius 1 is 1.35 bits per heavy atom. The molecule has 9 heteroatoms. The molecule has 0 unspecified atom stereocenters. The van der Waals surface area contributed by atoms with Gasteiger partial charge in [0.2, 0.25) is 10.0 Å². The molecule has 0 aromatic carbocycles. The molecule has 0 saturated heterocycles. The average molecular weight is 277 g/mol. The van der Waals surface area contributed by atoms with Gasteiger partial charge in [0.05, 0.1) is 19.3 Å². The summed E-state index contributed by atoms with van der Waals surface area (Å²) in [6.45, 7) is -0.903. The zero-order valence-electron chi connectivity index (χ0n) is 9.45. The molecule has 0 aromatic rings. The van der Waals surface area contributed by atoms with Crippen LogP contribution in [0.4, 0.5) is 13.2 Å². The molecular formula is C8H14F3NO4S. The number of nitrogens with zero attached hydrogens (tertiary/aromatic N) is 1. The lowest BCUT2D eigenvalue weighted by Gasteiger charge is -2.22. The van der Waals surface area contributed by atoms with Crippen molar-refractivity contribution in [2.24, 2.45) is 0 Å². The first-order chi connectivity index (χ1) is 7.62. The van der Waals surface area contributed by atoms with Gasteiger partial charge in [-0.15, -0.1) is 0 Å². The van der Waals surface area contributed by atoms with Gasteiger partial charge in [-0.3, -0.25) is 4.79 Å². The molecule has 0 rings (SSSR count). The Morgan fingerprint density at radius 2 is 1.88 bits per heavy atom. The fourth-order valence-electron chi connectivity index (χ4n) is 1.02. The van der Waals surface area contributed by atoms with E-state index >= 15 is 0 Å². The van der Waals surface area contributed by atoms with E-state index in [9.17, 15) is 26.4 Å². The van der Waals surface area contributed by atoms with Crippen LogP contribution in [0, 0.1) is 0 Å². The fraction of sp³-hybridized carbons (Fsp3) is 0.875. The number of halogens is 3. The third-order valence-electron chi connectivity index (χ3n) is 1.91. The Bertz CT molecular complexity index is 352. The van der Waals surface area contributed by atoms with Gasteiger partial charge in [-0.1, -0.05) is 0 Å². The zero-order valence-corrected chi connectivity index (χ0v) is 10.3. The number of hydrogen-bond donors (Lipinski definition) is 0. The molecular weight excluding hydrogens is 263 g/mol. The van der Waals surface area contributed by atoms with Crippen LogP contribution >= 0.6 is 0 Å². The van der Waals surface area contributed by atoms with E-state index in [0.29, 0.717) is 0 Å². The number of esters is 1. The Hall–Kier alpha value is -0.830. The van der Waals surface area contributed by atoms with Crippen LogP contribution in [-0.2, 0) is 19.6 Å². The van der Waals surface area contributed by atoms with Gasteiger partial charge in [-0.2, -0.15) is 17.5 Å². The average Bonchev–Trinajstić information content (AvgIpc) is 2.21. The number of carbonyl (C=O) groups is 1. The van der Waals surface area contributed by atoms with E-state index in [1.165, 1.54) is 6.92 Å². The Labute approximate surface area is 97.6 Å². The summed E-state index contributed by atoms with van der Waals surface area (Å²) in [6, 6.07) is 0. The lowest BCUT2D eigenvalue weighted by Crippen LogP contribution is -2.41. The largest absolute Gasteiger partial charge is 0.469 e. The van der Waals surface area contributed by atoms with Crippen LogP contribution in [0.3, 0.4) is 0 Å². The molecule has 0 bridgehead atoms. The first-order valence-electron chi connectivity index (χ1n) is 4.73. The van der Waals surface area contributed by atoms with Crippen LogP contribution in [0.25, 0.3) is 0 Å².